The average molecular weight is 362 g/mol. The van der Waals surface area contributed by atoms with Gasteiger partial charge in [0.1, 0.15) is 0 Å². The number of H-pyrrole nitrogens is 1. The van der Waals surface area contributed by atoms with Gasteiger partial charge in [-0.15, -0.1) is 0 Å². The van der Waals surface area contributed by atoms with E-state index in [4.69, 9.17) is 0 Å². The molecule has 1 aliphatic carbocycles. The largest absolute Gasteiger partial charge is 0.354 e. The maximum atomic E-state index is 3.86. The minimum atomic E-state index is 0.0102. The topological polar surface area (TPSA) is 15.8 Å². The third kappa shape index (κ3) is 1.57. The Hall–Kier alpha value is -2.06. The van der Waals surface area contributed by atoms with Gasteiger partial charge >= 0.3 is 0 Å². The second-order valence-corrected chi connectivity index (χ2v) is 7.73. The number of hydrogen-bond donors (Lipinski definition) is 1. The van der Waals surface area contributed by atoms with Gasteiger partial charge in [-0.2, -0.15) is 0 Å². The molecule has 0 saturated carbocycles. The number of benzene rings is 3. The van der Waals surface area contributed by atoms with Crippen LogP contribution in [0.3, 0.4) is 0 Å². The molecule has 0 spiro atoms. The van der Waals surface area contributed by atoms with Crippen molar-refractivity contribution in [3.05, 3.63) is 70.2 Å². The summed E-state index contributed by atoms with van der Waals surface area (Å²) in [4.78, 5) is 3.66. The molecule has 0 unspecified atom stereocenters. The second-order valence-electron chi connectivity index (χ2n) is 6.87. The first-order chi connectivity index (χ1) is 11.1. The molecule has 5 rings (SSSR count). The normalized spacial score (nSPS) is 15.1. The summed E-state index contributed by atoms with van der Waals surface area (Å²) < 4.78 is 1.20. The van der Waals surface area contributed by atoms with E-state index in [2.05, 4.69) is 89.4 Å². The van der Waals surface area contributed by atoms with Crippen LogP contribution in [0.2, 0.25) is 0 Å². The first kappa shape index (κ1) is 13.4. The van der Waals surface area contributed by atoms with Crippen LogP contribution in [0.15, 0.2) is 59.1 Å². The zero-order valence-electron chi connectivity index (χ0n) is 13.1. The Bertz CT molecular complexity index is 1100. The molecule has 1 nitrogen and oxygen atoms in total. The maximum absolute atomic E-state index is 3.86. The van der Waals surface area contributed by atoms with E-state index in [1.807, 2.05) is 0 Å². The minimum Gasteiger partial charge on any atom is -0.354 e. The molecule has 0 fully saturated rings. The third-order valence-corrected chi connectivity index (χ3v) is 5.88. The number of aromatic nitrogens is 1. The highest BCUT2D eigenvalue weighted by molar-refractivity contribution is 9.10. The van der Waals surface area contributed by atoms with Gasteiger partial charge in [-0.3, -0.25) is 0 Å². The molecular weight excluding hydrogens is 346 g/mol. The van der Waals surface area contributed by atoms with E-state index in [0.29, 0.717) is 0 Å². The average Bonchev–Trinajstić information content (AvgIpc) is 3.02. The number of halogens is 1. The van der Waals surface area contributed by atoms with Gasteiger partial charge in [-0.1, -0.05) is 72.2 Å². The van der Waals surface area contributed by atoms with Crippen LogP contribution >= 0.6 is 15.9 Å². The number of aromatic amines is 1. The Balaban J connectivity index is 2.06. The molecule has 0 bridgehead atoms. The number of para-hydroxylation sites is 1. The molecule has 0 saturated heterocycles. The Morgan fingerprint density at radius 3 is 2.52 bits per heavy atom. The lowest BCUT2D eigenvalue weighted by atomic mass is 9.82. The van der Waals surface area contributed by atoms with E-state index >= 15 is 0 Å². The molecule has 1 aliphatic rings. The first-order valence-electron chi connectivity index (χ1n) is 7.92. The van der Waals surface area contributed by atoms with Crippen LogP contribution in [-0.2, 0) is 5.41 Å². The van der Waals surface area contributed by atoms with E-state index in [-0.39, 0.29) is 5.41 Å². The monoisotopic (exact) mass is 361 g/mol. The lowest BCUT2D eigenvalue weighted by Crippen LogP contribution is -2.15. The van der Waals surface area contributed by atoms with Gasteiger partial charge in [-0.25, -0.2) is 0 Å². The first-order valence-corrected chi connectivity index (χ1v) is 8.71. The Morgan fingerprint density at radius 2 is 1.65 bits per heavy atom. The molecule has 0 atom stereocenters. The molecule has 23 heavy (non-hydrogen) atoms. The van der Waals surface area contributed by atoms with Gasteiger partial charge in [-0.05, 0) is 28.8 Å². The highest BCUT2D eigenvalue weighted by Crippen LogP contribution is 2.54. The molecule has 112 valence electrons. The summed E-state index contributed by atoms with van der Waals surface area (Å²) in [6.07, 6.45) is 0. The van der Waals surface area contributed by atoms with Crippen molar-refractivity contribution in [2.75, 3.05) is 0 Å². The lowest BCUT2D eigenvalue weighted by Gasteiger charge is -2.22. The fourth-order valence-electron chi connectivity index (χ4n) is 4.22. The summed E-state index contributed by atoms with van der Waals surface area (Å²) >= 11 is 3.86. The summed E-state index contributed by atoms with van der Waals surface area (Å²) in [5.41, 5.74) is 7.96. The predicted molar refractivity (Wildman–Crippen MR) is 101 cm³/mol. The maximum Gasteiger partial charge on any atom is 0.0548 e. The SMILES string of the molecule is CC1(C)c2ccccc2-c2c1c(Br)cc1c2[nH]c2ccccc21. The lowest BCUT2D eigenvalue weighted by molar-refractivity contribution is 0.657. The summed E-state index contributed by atoms with van der Waals surface area (Å²) in [6, 6.07) is 19.6. The van der Waals surface area contributed by atoms with Crippen molar-refractivity contribution in [3.63, 3.8) is 0 Å². The van der Waals surface area contributed by atoms with Crippen molar-refractivity contribution < 1.29 is 0 Å². The quantitative estimate of drug-likeness (QED) is 0.373. The van der Waals surface area contributed by atoms with Gasteiger partial charge in [0.15, 0.2) is 0 Å². The van der Waals surface area contributed by atoms with Crippen molar-refractivity contribution in [2.45, 2.75) is 19.3 Å². The standard InChI is InChI=1S/C21H16BrN/c1-21(2)15-9-5-3-8-13(15)18-19(21)16(22)11-14-12-7-4-6-10-17(12)23-20(14)18/h3-11,23H,1-2H3. The number of rotatable bonds is 0. The van der Waals surface area contributed by atoms with E-state index in [0.717, 1.165) is 0 Å². The molecule has 0 radical (unpaired) electrons. The highest BCUT2D eigenvalue weighted by atomic mass is 79.9. The van der Waals surface area contributed by atoms with Crippen LogP contribution < -0.4 is 0 Å². The van der Waals surface area contributed by atoms with Crippen molar-refractivity contribution in [2.24, 2.45) is 0 Å². The molecule has 1 N–H and O–H groups in total. The molecule has 0 aliphatic heterocycles. The highest BCUT2D eigenvalue weighted by Gasteiger charge is 2.38. The zero-order chi connectivity index (χ0) is 15.8. The number of hydrogen-bond acceptors (Lipinski definition) is 0. The minimum absolute atomic E-state index is 0.0102. The Labute approximate surface area is 143 Å². The Morgan fingerprint density at radius 1 is 0.913 bits per heavy atom. The molecule has 1 aromatic heterocycles. The van der Waals surface area contributed by atoms with Crippen molar-refractivity contribution in [1.82, 2.24) is 4.98 Å². The van der Waals surface area contributed by atoms with Crippen molar-refractivity contribution >= 4 is 37.7 Å². The zero-order valence-corrected chi connectivity index (χ0v) is 14.7. The van der Waals surface area contributed by atoms with Crippen LogP contribution in [0.1, 0.15) is 25.0 Å². The van der Waals surface area contributed by atoms with Crippen LogP contribution in [0.5, 0.6) is 0 Å². The molecule has 2 heteroatoms. The fraction of sp³-hybridized carbons (Fsp3) is 0.143. The van der Waals surface area contributed by atoms with Gasteiger partial charge in [0, 0.05) is 31.7 Å². The third-order valence-electron chi connectivity index (χ3n) is 5.25. The van der Waals surface area contributed by atoms with Crippen LogP contribution in [0.4, 0.5) is 0 Å². The predicted octanol–water partition coefficient (Wildman–Crippen LogP) is 6.39. The number of fused-ring (bicyclic) bond motifs is 7. The summed E-state index contributed by atoms with van der Waals surface area (Å²) in [5, 5.41) is 2.58. The fourth-order valence-corrected chi connectivity index (χ4v) is 5.14. The van der Waals surface area contributed by atoms with Crippen LogP contribution in [0.25, 0.3) is 32.9 Å². The van der Waals surface area contributed by atoms with Crippen molar-refractivity contribution in [1.29, 1.82) is 0 Å². The van der Waals surface area contributed by atoms with Gasteiger partial charge in [0.25, 0.3) is 0 Å². The van der Waals surface area contributed by atoms with E-state index < -0.39 is 0 Å². The van der Waals surface area contributed by atoms with Gasteiger partial charge in [0.05, 0.1) is 5.52 Å². The van der Waals surface area contributed by atoms with Crippen LogP contribution in [-0.4, -0.2) is 4.98 Å². The van der Waals surface area contributed by atoms with Crippen molar-refractivity contribution in [3.8, 4) is 11.1 Å². The van der Waals surface area contributed by atoms with Gasteiger partial charge in [0.2, 0.25) is 0 Å². The molecule has 4 aromatic rings. The smallest absolute Gasteiger partial charge is 0.0548 e. The molecular formula is C21H16BrN. The van der Waals surface area contributed by atoms with Crippen LogP contribution in [0, 0.1) is 0 Å². The van der Waals surface area contributed by atoms with E-state index in [1.54, 1.807) is 0 Å². The second kappa shape index (κ2) is 4.27. The summed E-state index contributed by atoms with van der Waals surface area (Å²) in [5.74, 6) is 0. The molecule has 1 heterocycles. The summed E-state index contributed by atoms with van der Waals surface area (Å²) in [7, 11) is 0. The van der Waals surface area contributed by atoms with Gasteiger partial charge < -0.3 is 4.98 Å². The van der Waals surface area contributed by atoms with E-state index in [1.165, 1.54) is 48.5 Å². The molecule has 3 aromatic carbocycles. The molecule has 0 amide bonds. The summed E-state index contributed by atoms with van der Waals surface area (Å²) in [6.45, 7) is 4.63. The number of nitrogens with one attached hydrogen (secondary N) is 1. The Kier molecular flexibility index (Phi) is 2.48. The van der Waals surface area contributed by atoms with E-state index in [9.17, 15) is 0 Å².